The van der Waals surface area contributed by atoms with Crippen molar-refractivity contribution >= 4 is 28.8 Å². The summed E-state index contributed by atoms with van der Waals surface area (Å²) >= 11 is 1.47. The Morgan fingerprint density at radius 2 is 2.08 bits per heavy atom. The second-order valence-electron chi connectivity index (χ2n) is 5.35. The van der Waals surface area contributed by atoms with Crippen molar-refractivity contribution in [2.24, 2.45) is 0 Å². The molecule has 0 saturated carbocycles. The molecule has 0 aliphatic rings. The normalized spacial score (nSPS) is 10.9. The molecule has 0 saturated heterocycles. The number of nitrogens with zero attached hydrogens (tertiary/aromatic N) is 2. The molecule has 1 heterocycles. The molecule has 124 valence electrons. The highest BCUT2D eigenvalue weighted by atomic mass is 32.2. The maximum Gasteiger partial charge on any atom is 0.169 e. The number of para-hydroxylation sites is 2. The van der Waals surface area contributed by atoms with Gasteiger partial charge in [0, 0.05) is 5.75 Å². The molecule has 0 aliphatic heterocycles. The van der Waals surface area contributed by atoms with Gasteiger partial charge in [0.05, 0.1) is 30.2 Å². The van der Waals surface area contributed by atoms with Gasteiger partial charge in [-0.1, -0.05) is 36.0 Å². The van der Waals surface area contributed by atoms with E-state index in [-0.39, 0.29) is 6.54 Å². The number of carbonyl (C=O) groups excluding carboxylic acids is 1. The van der Waals surface area contributed by atoms with Crippen molar-refractivity contribution in [3.05, 3.63) is 54.1 Å². The lowest BCUT2D eigenvalue weighted by atomic mass is 10.2. The maximum atomic E-state index is 11.0. The van der Waals surface area contributed by atoms with E-state index in [2.05, 4.69) is 4.98 Å². The molecule has 0 amide bonds. The number of imidazole rings is 1. The Balaban J connectivity index is 1.67. The molecule has 0 fully saturated rings. The number of hydrogen-bond acceptors (Lipinski definition) is 5. The molecule has 2 aromatic carbocycles. The highest BCUT2D eigenvalue weighted by Gasteiger charge is 2.11. The zero-order valence-corrected chi connectivity index (χ0v) is 14.1. The molecule has 6 heteroatoms. The highest BCUT2D eigenvalue weighted by molar-refractivity contribution is 7.99. The molecule has 0 N–H and O–H groups in total. The van der Waals surface area contributed by atoms with Gasteiger partial charge in [-0.2, -0.15) is 0 Å². The third kappa shape index (κ3) is 3.89. The summed E-state index contributed by atoms with van der Waals surface area (Å²) in [5.74, 6) is 0.375. The highest BCUT2D eigenvalue weighted by Crippen LogP contribution is 2.24. The van der Waals surface area contributed by atoms with Crippen molar-refractivity contribution in [3.8, 4) is 5.75 Å². The van der Waals surface area contributed by atoms with Crippen molar-refractivity contribution < 1.29 is 14.6 Å². The van der Waals surface area contributed by atoms with E-state index in [1.54, 1.807) is 4.57 Å². The van der Waals surface area contributed by atoms with E-state index in [1.165, 1.54) is 11.8 Å². The Labute approximate surface area is 144 Å². The van der Waals surface area contributed by atoms with Gasteiger partial charge in [-0.25, -0.2) is 4.98 Å². The van der Waals surface area contributed by atoms with Crippen LogP contribution in [0.15, 0.2) is 53.7 Å². The second kappa shape index (κ2) is 7.40. The summed E-state index contributed by atoms with van der Waals surface area (Å²) < 4.78 is 7.39. The van der Waals surface area contributed by atoms with Crippen molar-refractivity contribution in [3.63, 3.8) is 0 Å². The van der Waals surface area contributed by atoms with Gasteiger partial charge in [-0.15, -0.1) is 0 Å². The molecule has 1 aromatic heterocycles. The average molecular weight is 341 g/mol. The van der Waals surface area contributed by atoms with E-state index in [9.17, 15) is 9.90 Å². The van der Waals surface area contributed by atoms with E-state index < -0.39 is 5.97 Å². The van der Waals surface area contributed by atoms with Gasteiger partial charge < -0.3 is 19.2 Å². The predicted octanol–water partition coefficient (Wildman–Crippen LogP) is 2.27. The number of carboxylic acid groups (broad SMARTS) is 1. The van der Waals surface area contributed by atoms with Crippen molar-refractivity contribution in [2.75, 3.05) is 12.4 Å². The van der Waals surface area contributed by atoms with Crippen LogP contribution in [0.2, 0.25) is 0 Å². The van der Waals surface area contributed by atoms with Crippen LogP contribution in [0.5, 0.6) is 5.75 Å². The smallest absolute Gasteiger partial charge is 0.169 e. The predicted molar refractivity (Wildman–Crippen MR) is 92.1 cm³/mol. The summed E-state index contributed by atoms with van der Waals surface area (Å²) in [6, 6.07) is 15.4. The van der Waals surface area contributed by atoms with Crippen molar-refractivity contribution in [1.82, 2.24) is 9.55 Å². The molecular weight excluding hydrogens is 324 g/mol. The summed E-state index contributed by atoms with van der Waals surface area (Å²) in [6.07, 6.45) is 0. The van der Waals surface area contributed by atoms with Crippen LogP contribution in [0.25, 0.3) is 11.0 Å². The minimum absolute atomic E-state index is 0.207. The molecule has 3 rings (SSSR count). The number of carbonyl (C=O) groups is 1. The number of benzene rings is 2. The van der Waals surface area contributed by atoms with Gasteiger partial charge in [0.15, 0.2) is 5.16 Å². The van der Waals surface area contributed by atoms with Crippen LogP contribution in [0.3, 0.4) is 0 Å². The van der Waals surface area contributed by atoms with Crippen LogP contribution in [-0.4, -0.2) is 27.9 Å². The molecule has 0 spiro atoms. The van der Waals surface area contributed by atoms with Gasteiger partial charge >= 0.3 is 0 Å². The number of thioether (sulfide) groups is 1. The van der Waals surface area contributed by atoms with Gasteiger partial charge in [-0.3, -0.25) is 0 Å². The van der Waals surface area contributed by atoms with Crippen molar-refractivity contribution in [2.45, 2.75) is 18.6 Å². The lowest BCUT2D eigenvalue weighted by Gasteiger charge is -2.10. The Kier molecular flexibility index (Phi) is 5.05. The minimum Gasteiger partial charge on any atom is -0.548 e. The first kappa shape index (κ1) is 16.4. The number of hydrogen-bond donors (Lipinski definition) is 0. The third-order valence-electron chi connectivity index (χ3n) is 3.48. The Morgan fingerprint density at radius 1 is 1.25 bits per heavy atom. The van der Waals surface area contributed by atoms with Crippen molar-refractivity contribution in [1.29, 1.82) is 0 Å². The summed E-state index contributed by atoms with van der Waals surface area (Å²) in [7, 11) is 0. The monoisotopic (exact) mass is 341 g/mol. The number of ether oxygens (including phenoxy) is 1. The molecular formula is C18H17N2O3S-. The Bertz CT molecular complexity index is 860. The summed E-state index contributed by atoms with van der Waals surface area (Å²) in [6.45, 7) is 2.33. The maximum absolute atomic E-state index is 11.0. The number of carboxylic acids is 1. The summed E-state index contributed by atoms with van der Waals surface area (Å²) in [4.78, 5) is 15.5. The zero-order chi connectivity index (χ0) is 16.9. The topological polar surface area (TPSA) is 67.2 Å². The molecule has 3 aromatic rings. The fraction of sp³-hybridized carbons (Fsp3) is 0.222. The number of fused-ring (bicyclic) bond motifs is 1. The molecule has 5 nitrogen and oxygen atoms in total. The molecule has 0 aliphatic carbocycles. The van der Waals surface area contributed by atoms with Crippen LogP contribution < -0.4 is 9.84 Å². The van der Waals surface area contributed by atoms with Crippen LogP contribution in [0, 0.1) is 6.92 Å². The van der Waals surface area contributed by atoms with Crippen LogP contribution in [0.4, 0.5) is 0 Å². The molecule has 0 atom stereocenters. The van der Waals surface area contributed by atoms with E-state index >= 15 is 0 Å². The van der Waals surface area contributed by atoms with Crippen LogP contribution in [0.1, 0.15) is 5.56 Å². The van der Waals surface area contributed by atoms with Gasteiger partial charge in [0.25, 0.3) is 0 Å². The number of aromatic nitrogens is 2. The fourth-order valence-corrected chi connectivity index (χ4v) is 3.27. The largest absolute Gasteiger partial charge is 0.548 e. The first-order chi connectivity index (χ1) is 11.6. The molecule has 0 radical (unpaired) electrons. The molecule has 0 bridgehead atoms. The first-order valence-corrected chi connectivity index (χ1v) is 8.59. The van der Waals surface area contributed by atoms with E-state index in [0.717, 1.165) is 22.3 Å². The molecule has 24 heavy (non-hydrogen) atoms. The van der Waals surface area contributed by atoms with Gasteiger partial charge in [0.2, 0.25) is 0 Å². The Morgan fingerprint density at radius 3 is 2.88 bits per heavy atom. The lowest BCUT2D eigenvalue weighted by Crippen LogP contribution is -2.27. The molecule has 0 unspecified atom stereocenters. The Hall–Kier alpha value is -2.47. The van der Waals surface area contributed by atoms with Gasteiger partial charge in [-0.05, 0) is 36.8 Å². The van der Waals surface area contributed by atoms with E-state index in [0.29, 0.717) is 17.5 Å². The number of aryl methyl sites for hydroxylation is 1. The standard InChI is InChI=1S/C18H18N2O3S/c1-13-5-4-6-14(11-13)23-9-10-24-18-19-15-7-2-3-8-16(15)20(18)12-17(21)22/h2-8,11H,9-10,12H2,1H3,(H,21,22)/p-1. The van der Waals surface area contributed by atoms with Gasteiger partial charge in [0.1, 0.15) is 5.75 Å². The van der Waals surface area contributed by atoms with E-state index in [1.807, 2.05) is 55.5 Å². The quantitative estimate of drug-likeness (QED) is 0.487. The van der Waals surface area contributed by atoms with Crippen LogP contribution in [-0.2, 0) is 11.3 Å². The number of aliphatic carboxylic acids is 1. The average Bonchev–Trinajstić information content (AvgIpc) is 2.89. The lowest BCUT2D eigenvalue weighted by molar-refractivity contribution is -0.306. The SMILES string of the molecule is Cc1cccc(OCCSc2nc3ccccc3n2CC(=O)[O-])c1. The fourth-order valence-electron chi connectivity index (χ4n) is 2.44. The third-order valence-corrected chi connectivity index (χ3v) is 4.42. The van der Waals surface area contributed by atoms with Crippen LogP contribution >= 0.6 is 11.8 Å². The van der Waals surface area contributed by atoms with E-state index in [4.69, 9.17) is 4.74 Å². The summed E-state index contributed by atoms with van der Waals surface area (Å²) in [5.41, 5.74) is 2.72. The minimum atomic E-state index is -1.13. The summed E-state index contributed by atoms with van der Waals surface area (Å²) in [5, 5.41) is 11.7. The zero-order valence-electron chi connectivity index (χ0n) is 13.3. The number of rotatable bonds is 7. The first-order valence-electron chi connectivity index (χ1n) is 7.61. The second-order valence-corrected chi connectivity index (χ2v) is 6.42.